The highest BCUT2D eigenvalue weighted by atomic mass is 35.5. The zero-order chi connectivity index (χ0) is 19.4. The number of benzene rings is 3. The van der Waals surface area contributed by atoms with Gasteiger partial charge < -0.3 is 9.47 Å². The van der Waals surface area contributed by atoms with E-state index in [2.05, 4.69) is 45.9 Å². The van der Waals surface area contributed by atoms with Crippen molar-refractivity contribution in [2.75, 3.05) is 13.2 Å². The summed E-state index contributed by atoms with van der Waals surface area (Å²) in [6.45, 7) is 10.2. The molecule has 0 aliphatic carbocycles. The Labute approximate surface area is 167 Å². The van der Waals surface area contributed by atoms with Crippen LogP contribution >= 0.6 is 11.6 Å². The second-order valence-corrected chi connectivity index (χ2v) is 8.39. The molecule has 3 heteroatoms. The Bertz CT molecular complexity index is 915. The first-order valence-corrected chi connectivity index (χ1v) is 10.2. The SMILES string of the molecule is CC(C)CCOc1c2ccccc2c(OCCC(C)C)c2cc(Cl)ccc12. The molecule has 144 valence electrons. The summed E-state index contributed by atoms with van der Waals surface area (Å²) in [5.74, 6) is 3.04. The van der Waals surface area contributed by atoms with E-state index in [0.29, 0.717) is 30.1 Å². The van der Waals surface area contributed by atoms with Crippen LogP contribution in [0.4, 0.5) is 0 Å². The first kappa shape index (κ1) is 19.8. The first-order valence-electron chi connectivity index (χ1n) is 9.87. The Morgan fingerprint density at radius 1 is 0.704 bits per heavy atom. The van der Waals surface area contributed by atoms with Crippen LogP contribution in [0.25, 0.3) is 21.5 Å². The molecule has 0 radical (unpaired) electrons. The van der Waals surface area contributed by atoms with Gasteiger partial charge in [0.2, 0.25) is 0 Å². The Morgan fingerprint density at radius 3 is 1.70 bits per heavy atom. The Morgan fingerprint density at radius 2 is 1.19 bits per heavy atom. The number of rotatable bonds is 8. The Kier molecular flexibility index (Phi) is 6.49. The van der Waals surface area contributed by atoms with Crippen molar-refractivity contribution in [1.29, 1.82) is 0 Å². The monoisotopic (exact) mass is 384 g/mol. The second-order valence-electron chi connectivity index (χ2n) is 7.96. The van der Waals surface area contributed by atoms with E-state index in [0.717, 1.165) is 45.9 Å². The van der Waals surface area contributed by atoms with Crippen molar-refractivity contribution in [3.63, 3.8) is 0 Å². The van der Waals surface area contributed by atoms with Crippen LogP contribution in [0.3, 0.4) is 0 Å². The van der Waals surface area contributed by atoms with Crippen molar-refractivity contribution in [2.24, 2.45) is 11.8 Å². The molecule has 0 saturated carbocycles. The van der Waals surface area contributed by atoms with Gasteiger partial charge in [-0.2, -0.15) is 0 Å². The van der Waals surface area contributed by atoms with Gasteiger partial charge in [0, 0.05) is 26.6 Å². The molecule has 0 bridgehead atoms. The molecule has 0 fully saturated rings. The fraction of sp³-hybridized carbons (Fsp3) is 0.417. The van der Waals surface area contributed by atoms with Crippen molar-refractivity contribution >= 4 is 33.1 Å². The number of ether oxygens (including phenoxy) is 2. The molecule has 27 heavy (non-hydrogen) atoms. The molecule has 0 N–H and O–H groups in total. The molecule has 3 rings (SSSR count). The van der Waals surface area contributed by atoms with Crippen molar-refractivity contribution in [2.45, 2.75) is 40.5 Å². The summed E-state index contributed by atoms with van der Waals surface area (Å²) >= 11 is 6.33. The van der Waals surface area contributed by atoms with Crippen LogP contribution in [-0.2, 0) is 0 Å². The molecule has 0 aliphatic heterocycles. The summed E-state index contributed by atoms with van der Waals surface area (Å²) in [6.07, 6.45) is 2.04. The van der Waals surface area contributed by atoms with E-state index in [1.807, 2.05) is 24.3 Å². The molecule has 2 nitrogen and oxygen atoms in total. The third kappa shape index (κ3) is 4.68. The van der Waals surface area contributed by atoms with Crippen LogP contribution in [0.1, 0.15) is 40.5 Å². The molecule has 0 atom stereocenters. The highest BCUT2D eigenvalue weighted by Gasteiger charge is 2.16. The standard InChI is InChI=1S/C24H29ClO2/c1-16(2)11-13-26-23-19-7-5-6-8-20(19)24(27-14-12-17(3)4)22-15-18(25)9-10-21(22)23/h5-10,15-17H,11-14H2,1-4H3. The van der Waals surface area contributed by atoms with Crippen LogP contribution < -0.4 is 9.47 Å². The highest BCUT2D eigenvalue weighted by Crippen LogP contribution is 2.43. The molecule has 0 saturated heterocycles. The van der Waals surface area contributed by atoms with E-state index < -0.39 is 0 Å². The van der Waals surface area contributed by atoms with Crippen LogP contribution in [0.15, 0.2) is 42.5 Å². The zero-order valence-electron chi connectivity index (χ0n) is 16.7. The summed E-state index contributed by atoms with van der Waals surface area (Å²) in [6, 6.07) is 14.3. The van der Waals surface area contributed by atoms with Crippen LogP contribution in [0, 0.1) is 11.8 Å². The molecular formula is C24H29ClO2. The fourth-order valence-corrected chi connectivity index (χ4v) is 3.35. The zero-order valence-corrected chi connectivity index (χ0v) is 17.5. The minimum Gasteiger partial charge on any atom is -0.492 e. The molecule has 3 aromatic rings. The average Bonchev–Trinajstić information content (AvgIpc) is 2.62. The largest absolute Gasteiger partial charge is 0.492 e. The van der Waals surface area contributed by atoms with Gasteiger partial charge in [-0.3, -0.25) is 0 Å². The van der Waals surface area contributed by atoms with Gasteiger partial charge in [0.05, 0.1) is 13.2 Å². The number of hydrogen-bond acceptors (Lipinski definition) is 2. The fourth-order valence-electron chi connectivity index (χ4n) is 3.18. The lowest BCUT2D eigenvalue weighted by Crippen LogP contribution is -2.05. The molecule has 3 aromatic carbocycles. The lowest BCUT2D eigenvalue weighted by atomic mass is 10.0. The molecule has 0 spiro atoms. The van der Waals surface area contributed by atoms with Crippen molar-refractivity contribution in [1.82, 2.24) is 0 Å². The number of halogens is 1. The normalized spacial score (nSPS) is 11.7. The lowest BCUT2D eigenvalue weighted by Gasteiger charge is -2.19. The average molecular weight is 385 g/mol. The minimum atomic E-state index is 0.602. The Balaban J connectivity index is 2.13. The lowest BCUT2D eigenvalue weighted by molar-refractivity contribution is 0.291. The van der Waals surface area contributed by atoms with Crippen LogP contribution in [-0.4, -0.2) is 13.2 Å². The molecule has 0 unspecified atom stereocenters. The maximum absolute atomic E-state index is 6.33. The maximum Gasteiger partial charge on any atom is 0.135 e. The van der Waals surface area contributed by atoms with E-state index >= 15 is 0 Å². The first-order chi connectivity index (χ1) is 13.0. The maximum atomic E-state index is 6.33. The highest BCUT2D eigenvalue weighted by molar-refractivity contribution is 6.31. The van der Waals surface area contributed by atoms with Gasteiger partial charge in [-0.15, -0.1) is 0 Å². The summed E-state index contributed by atoms with van der Waals surface area (Å²) in [5.41, 5.74) is 0. The third-order valence-corrected chi connectivity index (χ3v) is 5.01. The van der Waals surface area contributed by atoms with E-state index in [-0.39, 0.29) is 0 Å². The molecular weight excluding hydrogens is 356 g/mol. The third-order valence-electron chi connectivity index (χ3n) is 4.77. The summed E-state index contributed by atoms with van der Waals surface area (Å²) in [5, 5.41) is 4.96. The smallest absolute Gasteiger partial charge is 0.135 e. The van der Waals surface area contributed by atoms with Gasteiger partial charge in [-0.1, -0.05) is 63.6 Å². The van der Waals surface area contributed by atoms with Gasteiger partial charge in [-0.25, -0.2) is 0 Å². The molecule has 0 heterocycles. The van der Waals surface area contributed by atoms with Gasteiger partial charge in [0.1, 0.15) is 11.5 Å². The van der Waals surface area contributed by atoms with Gasteiger partial charge in [0.25, 0.3) is 0 Å². The molecule has 0 aromatic heterocycles. The van der Waals surface area contributed by atoms with Gasteiger partial charge in [-0.05, 0) is 42.9 Å². The quantitative estimate of drug-likeness (QED) is 0.374. The van der Waals surface area contributed by atoms with E-state index in [1.165, 1.54) is 0 Å². The second kappa shape index (κ2) is 8.84. The van der Waals surface area contributed by atoms with E-state index in [4.69, 9.17) is 21.1 Å². The van der Waals surface area contributed by atoms with Crippen molar-refractivity contribution in [3.8, 4) is 11.5 Å². The van der Waals surface area contributed by atoms with Crippen molar-refractivity contribution in [3.05, 3.63) is 47.5 Å². The Hall–Kier alpha value is -1.93. The van der Waals surface area contributed by atoms with E-state index in [9.17, 15) is 0 Å². The summed E-state index contributed by atoms with van der Waals surface area (Å²) in [4.78, 5) is 0. The summed E-state index contributed by atoms with van der Waals surface area (Å²) in [7, 11) is 0. The van der Waals surface area contributed by atoms with Gasteiger partial charge >= 0.3 is 0 Å². The van der Waals surface area contributed by atoms with E-state index in [1.54, 1.807) is 0 Å². The number of fused-ring (bicyclic) bond motifs is 2. The molecule has 0 aliphatic rings. The van der Waals surface area contributed by atoms with Crippen LogP contribution in [0.5, 0.6) is 11.5 Å². The van der Waals surface area contributed by atoms with Crippen molar-refractivity contribution < 1.29 is 9.47 Å². The number of hydrogen-bond donors (Lipinski definition) is 0. The van der Waals surface area contributed by atoms with Gasteiger partial charge in [0.15, 0.2) is 0 Å². The minimum absolute atomic E-state index is 0.602. The molecule has 0 amide bonds. The predicted octanol–water partition coefficient (Wildman–Crippen LogP) is 7.50. The summed E-state index contributed by atoms with van der Waals surface area (Å²) < 4.78 is 12.6. The topological polar surface area (TPSA) is 18.5 Å². The van der Waals surface area contributed by atoms with Crippen LogP contribution in [0.2, 0.25) is 5.02 Å². The predicted molar refractivity (Wildman–Crippen MR) is 116 cm³/mol.